The highest BCUT2D eigenvalue weighted by Crippen LogP contribution is 2.17. The lowest BCUT2D eigenvalue weighted by atomic mass is 10.1. The summed E-state index contributed by atoms with van der Waals surface area (Å²) in [5.41, 5.74) is 1.37. The molecule has 1 aromatic carbocycles. The van der Waals surface area contributed by atoms with Gasteiger partial charge in [0.15, 0.2) is 0 Å². The van der Waals surface area contributed by atoms with Gasteiger partial charge in [-0.25, -0.2) is 9.97 Å². The van der Waals surface area contributed by atoms with Crippen molar-refractivity contribution < 1.29 is 4.79 Å². The summed E-state index contributed by atoms with van der Waals surface area (Å²) in [4.78, 5) is 22.8. The molecule has 0 unspecified atom stereocenters. The Kier molecular flexibility index (Phi) is 5.43. The summed E-state index contributed by atoms with van der Waals surface area (Å²) in [6, 6.07) is 7.35. The quantitative estimate of drug-likeness (QED) is 0.859. The lowest BCUT2D eigenvalue weighted by Crippen LogP contribution is -2.30. The van der Waals surface area contributed by atoms with Crippen molar-refractivity contribution in [2.45, 2.75) is 19.3 Å². The van der Waals surface area contributed by atoms with E-state index >= 15 is 0 Å². The molecule has 0 saturated carbocycles. The SMILES string of the molecule is O=C(/C=C/c1ccccc1Cl)Nc1cnc(N2CCCCC2)nc1. The maximum Gasteiger partial charge on any atom is 0.248 e. The van der Waals surface area contributed by atoms with Crippen LogP contribution in [0.5, 0.6) is 0 Å². The highest BCUT2D eigenvalue weighted by atomic mass is 35.5. The molecule has 2 aromatic rings. The molecule has 2 heterocycles. The minimum atomic E-state index is -0.246. The number of halogens is 1. The van der Waals surface area contributed by atoms with Crippen LogP contribution in [0.1, 0.15) is 24.8 Å². The second-order valence-corrected chi connectivity index (χ2v) is 6.07. The first-order valence-electron chi connectivity index (χ1n) is 8.03. The number of aromatic nitrogens is 2. The standard InChI is InChI=1S/C18H19ClN4O/c19-16-7-3-2-6-14(16)8-9-17(24)22-15-12-20-18(21-13-15)23-10-4-1-5-11-23/h2-3,6-9,12-13H,1,4-5,10-11H2,(H,22,24)/b9-8+. The lowest BCUT2D eigenvalue weighted by Gasteiger charge is -2.26. The molecule has 1 aliphatic heterocycles. The van der Waals surface area contributed by atoms with Gasteiger partial charge < -0.3 is 10.2 Å². The Morgan fingerprint density at radius 2 is 1.83 bits per heavy atom. The number of nitrogens with one attached hydrogen (secondary N) is 1. The maximum absolute atomic E-state index is 12.0. The topological polar surface area (TPSA) is 58.1 Å². The van der Waals surface area contributed by atoms with Crippen LogP contribution in [-0.2, 0) is 4.79 Å². The van der Waals surface area contributed by atoms with E-state index in [-0.39, 0.29) is 5.91 Å². The molecule has 0 aliphatic carbocycles. The first-order chi connectivity index (χ1) is 11.7. The smallest absolute Gasteiger partial charge is 0.248 e. The Labute approximate surface area is 146 Å². The van der Waals surface area contributed by atoms with Gasteiger partial charge in [-0.3, -0.25) is 4.79 Å². The molecular weight excluding hydrogens is 324 g/mol. The zero-order valence-electron chi connectivity index (χ0n) is 13.3. The average Bonchev–Trinajstić information content (AvgIpc) is 2.62. The number of nitrogens with zero attached hydrogens (tertiary/aromatic N) is 3. The molecule has 24 heavy (non-hydrogen) atoms. The number of benzene rings is 1. The van der Waals surface area contributed by atoms with Crippen LogP contribution in [0.25, 0.3) is 6.08 Å². The van der Waals surface area contributed by atoms with E-state index in [4.69, 9.17) is 11.6 Å². The van der Waals surface area contributed by atoms with E-state index in [9.17, 15) is 4.79 Å². The Bertz CT molecular complexity index is 724. The molecule has 1 aromatic heterocycles. The third-order valence-corrected chi connectivity index (χ3v) is 4.21. The van der Waals surface area contributed by atoms with Gasteiger partial charge in [-0.2, -0.15) is 0 Å². The number of carbonyl (C=O) groups excluding carboxylic acids is 1. The minimum Gasteiger partial charge on any atom is -0.341 e. The van der Waals surface area contributed by atoms with E-state index < -0.39 is 0 Å². The van der Waals surface area contributed by atoms with Gasteiger partial charge in [-0.15, -0.1) is 0 Å². The maximum atomic E-state index is 12.0. The summed E-state index contributed by atoms with van der Waals surface area (Å²) in [5, 5.41) is 3.36. The van der Waals surface area contributed by atoms with Gasteiger partial charge in [0.1, 0.15) is 0 Å². The monoisotopic (exact) mass is 342 g/mol. The molecule has 6 heteroatoms. The fourth-order valence-electron chi connectivity index (χ4n) is 2.60. The Balaban J connectivity index is 1.59. The fraction of sp³-hybridized carbons (Fsp3) is 0.278. The summed E-state index contributed by atoms with van der Waals surface area (Å²) in [5.74, 6) is 0.476. The number of carbonyl (C=O) groups is 1. The zero-order chi connectivity index (χ0) is 16.8. The summed E-state index contributed by atoms with van der Waals surface area (Å²) >= 11 is 6.05. The Morgan fingerprint density at radius 3 is 2.54 bits per heavy atom. The van der Waals surface area contributed by atoms with Crippen molar-refractivity contribution in [3.8, 4) is 0 Å². The van der Waals surface area contributed by atoms with Gasteiger partial charge in [0.2, 0.25) is 11.9 Å². The van der Waals surface area contributed by atoms with Crippen LogP contribution >= 0.6 is 11.6 Å². The second-order valence-electron chi connectivity index (χ2n) is 5.66. The van der Waals surface area contributed by atoms with Crippen molar-refractivity contribution in [2.24, 2.45) is 0 Å². The van der Waals surface area contributed by atoms with Gasteiger partial charge in [-0.05, 0) is 37.0 Å². The molecule has 0 atom stereocenters. The van der Waals surface area contributed by atoms with Gasteiger partial charge in [0.05, 0.1) is 18.1 Å². The molecule has 3 rings (SSSR count). The molecule has 0 bridgehead atoms. The molecule has 5 nitrogen and oxygen atoms in total. The number of hydrogen-bond acceptors (Lipinski definition) is 4. The summed E-state index contributed by atoms with van der Waals surface area (Å²) in [6.07, 6.45) is 10.0. The third kappa shape index (κ3) is 4.32. The molecule has 124 valence electrons. The number of rotatable bonds is 4. The van der Waals surface area contributed by atoms with Gasteiger partial charge >= 0.3 is 0 Å². The molecule has 1 N–H and O–H groups in total. The molecular formula is C18H19ClN4O. The van der Waals surface area contributed by atoms with Crippen molar-refractivity contribution in [1.82, 2.24) is 9.97 Å². The van der Waals surface area contributed by atoms with Crippen molar-refractivity contribution in [2.75, 3.05) is 23.3 Å². The molecule has 0 spiro atoms. The predicted molar refractivity (Wildman–Crippen MR) is 97.2 cm³/mol. The van der Waals surface area contributed by atoms with Gasteiger partial charge in [-0.1, -0.05) is 29.8 Å². The Hall–Kier alpha value is -2.40. The predicted octanol–water partition coefficient (Wildman–Crippen LogP) is 3.77. The van der Waals surface area contributed by atoms with Crippen LogP contribution < -0.4 is 10.2 Å². The molecule has 0 radical (unpaired) electrons. The minimum absolute atomic E-state index is 0.246. The molecule has 1 amide bonds. The normalized spacial score (nSPS) is 14.8. The highest BCUT2D eigenvalue weighted by molar-refractivity contribution is 6.32. The first-order valence-corrected chi connectivity index (χ1v) is 8.41. The van der Waals surface area contributed by atoms with Crippen LogP contribution in [0.15, 0.2) is 42.7 Å². The van der Waals surface area contributed by atoms with E-state index in [1.165, 1.54) is 25.3 Å². The van der Waals surface area contributed by atoms with Crippen molar-refractivity contribution in [1.29, 1.82) is 0 Å². The number of hydrogen-bond donors (Lipinski definition) is 1. The average molecular weight is 343 g/mol. The Morgan fingerprint density at radius 1 is 1.12 bits per heavy atom. The van der Waals surface area contributed by atoms with E-state index in [2.05, 4.69) is 20.2 Å². The van der Waals surface area contributed by atoms with Crippen LogP contribution in [0, 0.1) is 0 Å². The summed E-state index contributed by atoms with van der Waals surface area (Å²) < 4.78 is 0. The first kappa shape index (κ1) is 16.5. The van der Waals surface area contributed by atoms with E-state index in [1.807, 2.05) is 18.2 Å². The largest absolute Gasteiger partial charge is 0.341 e. The van der Waals surface area contributed by atoms with E-state index in [0.717, 1.165) is 24.6 Å². The summed E-state index contributed by atoms with van der Waals surface area (Å²) in [6.45, 7) is 1.98. The van der Waals surface area contributed by atoms with Crippen molar-refractivity contribution >= 4 is 35.2 Å². The van der Waals surface area contributed by atoms with Crippen LogP contribution in [0.4, 0.5) is 11.6 Å². The summed E-state index contributed by atoms with van der Waals surface area (Å²) in [7, 11) is 0. The van der Waals surface area contributed by atoms with E-state index in [0.29, 0.717) is 10.7 Å². The van der Waals surface area contributed by atoms with Crippen molar-refractivity contribution in [3.05, 3.63) is 53.3 Å². The second kappa shape index (κ2) is 7.93. The molecule has 1 aliphatic rings. The van der Waals surface area contributed by atoms with Crippen LogP contribution in [-0.4, -0.2) is 29.0 Å². The number of amides is 1. The van der Waals surface area contributed by atoms with E-state index in [1.54, 1.807) is 24.5 Å². The molecule has 1 fully saturated rings. The fourth-order valence-corrected chi connectivity index (χ4v) is 2.80. The third-order valence-electron chi connectivity index (χ3n) is 3.86. The lowest BCUT2D eigenvalue weighted by molar-refractivity contribution is -0.111. The molecule has 1 saturated heterocycles. The van der Waals surface area contributed by atoms with Crippen LogP contribution in [0.2, 0.25) is 5.02 Å². The van der Waals surface area contributed by atoms with Crippen LogP contribution in [0.3, 0.4) is 0 Å². The number of anilines is 2. The van der Waals surface area contributed by atoms with Gasteiger partial charge in [0, 0.05) is 24.2 Å². The highest BCUT2D eigenvalue weighted by Gasteiger charge is 2.13. The van der Waals surface area contributed by atoms with Gasteiger partial charge in [0.25, 0.3) is 0 Å². The zero-order valence-corrected chi connectivity index (χ0v) is 14.0. The number of piperidine rings is 1. The van der Waals surface area contributed by atoms with Crippen molar-refractivity contribution in [3.63, 3.8) is 0 Å².